The molecule has 1 aliphatic rings. The van der Waals surface area contributed by atoms with Crippen LogP contribution in [0.15, 0.2) is 54.7 Å². The maximum atomic E-state index is 13.5. The summed E-state index contributed by atoms with van der Waals surface area (Å²) in [5.74, 6) is -1.55. The molecule has 1 aromatic heterocycles. The number of fused-ring (bicyclic) bond motifs is 1. The second kappa shape index (κ2) is 7.32. The summed E-state index contributed by atoms with van der Waals surface area (Å²) in [5.41, 5.74) is 2.09. The Kier molecular flexibility index (Phi) is 4.73. The predicted octanol–water partition coefficient (Wildman–Crippen LogP) is 2.83. The number of hydrogen-bond donors (Lipinski definition) is 1. The van der Waals surface area contributed by atoms with Gasteiger partial charge in [0.05, 0.1) is 5.56 Å². The van der Waals surface area contributed by atoms with Gasteiger partial charge in [0.1, 0.15) is 5.82 Å². The van der Waals surface area contributed by atoms with E-state index in [1.807, 2.05) is 18.2 Å². The fraction of sp³-hybridized carbons (Fsp3) is 0.238. The third kappa shape index (κ3) is 3.61. The molecule has 5 nitrogen and oxygen atoms in total. The molecule has 0 unspecified atom stereocenters. The first kappa shape index (κ1) is 17.4. The average molecular weight is 365 g/mol. The van der Waals surface area contributed by atoms with Crippen LogP contribution in [0.2, 0.25) is 0 Å². The van der Waals surface area contributed by atoms with Gasteiger partial charge in [0, 0.05) is 49.8 Å². The Hall–Kier alpha value is -2.99. The van der Waals surface area contributed by atoms with Crippen molar-refractivity contribution in [2.75, 3.05) is 26.2 Å². The van der Waals surface area contributed by atoms with Crippen LogP contribution in [0.25, 0.3) is 10.9 Å². The number of amides is 1. The van der Waals surface area contributed by atoms with Gasteiger partial charge in [-0.1, -0.05) is 30.3 Å². The minimum atomic E-state index is -0.594. The van der Waals surface area contributed by atoms with Crippen LogP contribution in [0.5, 0.6) is 0 Å². The molecule has 0 spiro atoms. The van der Waals surface area contributed by atoms with Crippen LogP contribution in [-0.4, -0.2) is 52.7 Å². The standard InChI is InChI=1S/C21H20FN3O2/c22-16-6-7-19-17(12-16)18(13-23-19)20(26)21(27)25-10-8-24(9-11-25)14-15-4-2-1-3-5-15/h1-7,12-13,23H,8-11,14H2. The zero-order chi connectivity index (χ0) is 18.8. The number of Topliss-reactive ketones (excluding diaryl/α,β-unsaturated/α-hetero) is 1. The Morgan fingerprint density at radius 3 is 2.48 bits per heavy atom. The average Bonchev–Trinajstić information content (AvgIpc) is 3.11. The third-order valence-electron chi connectivity index (χ3n) is 4.99. The monoisotopic (exact) mass is 365 g/mol. The summed E-state index contributed by atoms with van der Waals surface area (Å²) in [6, 6.07) is 14.3. The van der Waals surface area contributed by atoms with Gasteiger partial charge in [-0.3, -0.25) is 14.5 Å². The fourth-order valence-electron chi connectivity index (χ4n) is 3.49. The molecule has 2 aromatic carbocycles. The number of halogens is 1. The van der Waals surface area contributed by atoms with Gasteiger partial charge >= 0.3 is 0 Å². The van der Waals surface area contributed by atoms with Crippen LogP contribution >= 0.6 is 0 Å². The van der Waals surface area contributed by atoms with E-state index in [0.29, 0.717) is 24.0 Å². The maximum Gasteiger partial charge on any atom is 0.295 e. The van der Waals surface area contributed by atoms with Gasteiger partial charge in [-0.05, 0) is 23.8 Å². The van der Waals surface area contributed by atoms with E-state index in [4.69, 9.17) is 0 Å². The van der Waals surface area contributed by atoms with Crippen molar-refractivity contribution < 1.29 is 14.0 Å². The van der Waals surface area contributed by atoms with Crippen molar-refractivity contribution in [3.8, 4) is 0 Å². The molecule has 1 amide bonds. The molecule has 0 atom stereocenters. The van der Waals surface area contributed by atoms with Crippen LogP contribution in [-0.2, 0) is 11.3 Å². The molecule has 2 heterocycles. The minimum Gasteiger partial charge on any atom is -0.360 e. The first-order valence-corrected chi connectivity index (χ1v) is 8.98. The van der Waals surface area contributed by atoms with Crippen LogP contribution < -0.4 is 0 Å². The molecule has 1 N–H and O–H groups in total. The van der Waals surface area contributed by atoms with Crippen molar-refractivity contribution in [3.05, 3.63) is 71.7 Å². The number of nitrogens with zero attached hydrogens (tertiary/aromatic N) is 2. The number of aromatic nitrogens is 1. The maximum absolute atomic E-state index is 13.5. The lowest BCUT2D eigenvalue weighted by molar-refractivity contribution is -0.128. The fourth-order valence-corrected chi connectivity index (χ4v) is 3.49. The van der Waals surface area contributed by atoms with E-state index in [9.17, 15) is 14.0 Å². The van der Waals surface area contributed by atoms with E-state index in [0.717, 1.165) is 19.6 Å². The highest BCUT2D eigenvalue weighted by molar-refractivity contribution is 6.44. The SMILES string of the molecule is O=C(C(=O)N1CCN(Cc2ccccc2)CC1)c1c[nH]c2ccc(F)cc12. The summed E-state index contributed by atoms with van der Waals surface area (Å²) in [6.45, 7) is 3.29. The summed E-state index contributed by atoms with van der Waals surface area (Å²) in [4.78, 5) is 32.1. The van der Waals surface area contributed by atoms with Crippen molar-refractivity contribution in [1.29, 1.82) is 0 Å². The molecule has 27 heavy (non-hydrogen) atoms. The summed E-state index contributed by atoms with van der Waals surface area (Å²) < 4.78 is 13.5. The topological polar surface area (TPSA) is 56.4 Å². The molecule has 3 aromatic rings. The van der Waals surface area contributed by atoms with Gasteiger partial charge in [-0.2, -0.15) is 0 Å². The smallest absolute Gasteiger partial charge is 0.295 e. The molecule has 1 fully saturated rings. The van der Waals surface area contributed by atoms with Gasteiger partial charge in [-0.15, -0.1) is 0 Å². The van der Waals surface area contributed by atoms with E-state index in [1.165, 1.54) is 23.9 Å². The van der Waals surface area contributed by atoms with Crippen LogP contribution in [0.3, 0.4) is 0 Å². The molecule has 1 aliphatic heterocycles. The Labute approximate surface area is 156 Å². The summed E-state index contributed by atoms with van der Waals surface area (Å²) in [6.07, 6.45) is 1.48. The number of aromatic amines is 1. The van der Waals surface area contributed by atoms with Gasteiger partial charge in [0.25, 0.3) is 11.7 Å². The predicted molar refractivity (Wildman–Crippen MR) is 101 cm³/mol. The molecular weight excluding hydrogens is 345 g/mol. The highest BCUT2D eigenvalue weighted by atomic mass is 19.1. The number of nitrogens with one attached hydrogen (secondary N) is 1. The molecule has 6 heteroatoms. The van der Waals surface area contributed by atoms with Crippen molar-refractivity contribution in [3.63, 3.8) is 0 Å². The third-order valence-corrected chi connectivity index (χ3v) is 4.99. The number of hydrogen-bond acceptors (Lipinski definition) is 3. The summed E-state index contributed by atoms with van der Waals surface area (Å²) >= 11 is 0. The lowest BCUT2D eigenvalue weighted by atomic mass is 10.1. The molecule has 0 saturated carbocycles. The first-order chi connectivity index (χ1) is 13.1. The highest BCUT2D eigenvalue weighted by Crippen LogP contribution is 2.21. The Bertz CT molecular complexity index is 976. The lowest BCUT2D eigenvalue weighted by Gasteiger charge is -2.34. The summed E-state index contributed by atoms with van der Waals surface area (Å²) in [7, 11) is 0. The van der Waals surface area contributed by atoms with Gasteiger partial charge < -0.3 is 9.88 Å². The van der Waals surface area contributed by atoms with Crippen molar-refractivity contribution in [2.45, 2.75) is 6.54 Å². The second-order valence-corrected chi connectivity index (χ2v) is 6.78. The minimum absolute atomic E-state index is 0.223. The zero-order valence-electron chi connectivity index (χ0n) is 14.8. The second-order valence-electron chi connectivity index (χ2n) is 6.78. The summed E-state index contributed by atoms with van der Waals surface area (Å²) in [5, 5.41) is 0.441. The van der Waals surface area contributed by atoms with E-state index < -0.39 is 17.5 Å². The van der Waals surface area contributed by atoms with Gasteiger partial charge in [0.15, 0.2) is 0 Å². The van der Waals surface area contributed by atoms with Gasteiger partial charge in [-0.25, -0.2) is 4.39 Å². The van der Waals surface area contributed by atoms with E-state index in [2.05, 4.69) is 22.0 Å². The lowest BCUT2D eigenvalue weighted by Crippen LogP contribution is -2.50. The van der Waals surface area contributed by atoms with Crippen LogP contribution in [0.1, 0.15) is 15.9 Å². The van der Waals surface area contributed by atoms with E-state index in [-0.39, 0.29) is 5.56 Å². The number of rotatable bonds is 4. The van der Waals surface area contributed by atoms with E-state index in [1.54, 1.807) is 11.0 Å². The number of ketones is 1. The molecular formula is C21H20FN3O2. The Morgan fingerprint density at radius 1 is 1.00 bits per heavy atom. The first-order valence-electron chi connectivity index (χ1n) is 8.98. The molecule has 4 rings (SSSR count). The molecule has 1 saturated heterocycles. The molecule has 0 bridgehead atoms. The van der Waals surface area contributed by atoms with Gasteiger partial charge in [0.2, 0.25) is 0 Å². The Balaban J connectivity index is 1.41. The molecule has 0 radical (unpaired) electrons. The van der Waals surface area contributed by atoms with Crippen molar-refractivity contribution in [2.24, 2.45) is 0 Å². The largest absolute Gasteiger partial charge is 0.360 e. The van der Waals surface area contributed by atoms with E-state index >= 15 is 0 Å². The number of H-pyrrole nitrogens is 1. The van der Waals surface area contributed by atoms with Crippen molar-refractivity contribution in [1.82, 2.24) is 14.8 Å². The van der Waals surface area contributed by atoms with Crippen LogP contribution in [0.4, 0.5) is 4.39 Å². The van der Waals surface area contributed by atoms with Crippen molar-refractivity contribution >= 4 is 22.6 Å². The Morgan fingerprint density at radius 2 is 1.74 bits per heavy atom. The number of carbonyl (C=O) groups is 2. The number of piperazine rings is 1. The van der Waals surface area contributed by atoms with Crippen LogP contribution in [0, 0.1) is 5.82 Å². The molecule has 0 aliphatic carbocycles. The zero-order valence-corrected chi connectivity index (χ0v) is 14.8. The number of benzene rings is 2. The quantitative estimate of drug-likeness (QED) is 0.571. The normalized spacial score (nSPS) is 15.2. The number of carbonyl (C=O) groups excluding carboxylic acids is 2. The highest BCUT2D eigenvalue weighted by Gasteiger charge is 2.28. The molecule has 138 valence electrons.